The van der Waals surface area contributed by atoms with E-state index in [0.29, 0.717) is 11.3 Å². The van der Waals surface area contributed by atoms with Gasteiger partial charge in [-0.05, 0) is 48.0 Å². The normalized spacial score (nSPS) is 15.2. The summed E-state index contributed by atoms with van der Waals surface area (Å²) in [5, 5.41) is 2.88. The van der Waals surface area contributed by atoms with Gasteiger partial charge >= 0.3 is 5.63 Å². The van der Waals surface area contributed by atoms with Crippen LogP contribution in [0.25, 0.3) is 17.0 Å². The summed E-state index contributed by atoms with van der Waals surface area (Å²) in [4.78, 5) is 49.9. The SMILES string of the molecule is Cc1cc(=O)oc2cc(NC(=O)CN3C(=O)S/C(=C\c4ccccc4)C3=O)ccc12. The van der Waals surface area contributed by atoms with Gasteiger partial charge in [0.15, 0.2) is 0 Å². The molecule has 30 heavy (non-hydrogen) atoms. The third-order valence-electron chi connectivity index (χ3n) is 4.51. The Bertz CT molecular complexity index is 1260. The van der Waals surface area contributed by atoms with Gasteiger partial charge in [-0.3, -0.25) is 19.3 Å². The van der Waals surface area contributed by atoms with Crippen LogP contribution in [0, 0.1) is 6.92 Å². The minimum Gasteiger partial charge on any atom is -0.423 e. The van der Waals surface area contributed by atoms with Crippen molar-refractivity contribution >= 4 is 51.5 Å². The van der Waals surface area contributed by atoms with Crippen molar-refractivity contribution in [2.24, 2.45) is 0 Å². The van der Waals surface area contributed by atoms with Gasteiger partial charge < -0.3 is 9.73 Å². The fourth-order valence-corrected chi connectivity index (χ4v) is 3.92. The number of benzene rings is 2. The van der Waals surface area contributed by atoms with Gasteiger partial charge in [-0.25, -0.2) is 4.79 Å². The molecule has 0 spiro atoms. The molecule has 1 saturated heterocycles. The van der Waals surface area contributed by atoms with Gasteiger partial charge in [0.25, 0.3) is 11.1 Å². The maximum Gasteiger partial charge on any atom is 0.336 e. The number of anilines is 1. The maximum atomic E-state index is 12.5. The zero-order chi connectivity index (χ0) is 21.3. The molecule has 1 fully saturated rings. The molecule has 0 aliphatic carbocycles. The van der Waals surface area contributed by atoms with Crippen LogP contribution < -0.4 is 10.9 Å². The molecule has 2 heterocycles. The van der Waals surface area contributed by atoms with Crippen molar-refractivity contribution in [1.82, 2.24) is 4.90 Å². The van der Waals surface area contributed by atoms with Crippen LogP contribution in [0.5, 0.6) is 0 Å². The van der Waals surface area contributed by atoms with E-state index < -0.39 is 29.2 Å². The number of hydrogen-bond acceptors (Lipinski definition) is 6. The van der Waals surface area contributed by atoms with Crippen molar-refractivity contribution < 1.29 is 18.8 Å². The number of nitrogens with zero attached hydrogens (tertiary/aromatic N) is 1. The topological polar surface area (TPSA) is 96.7 Å². The van der Waals surface area contributed by atoms with Crippen LogP contribution in [0.4, 0.5) is 10.5 Å². The van der Waals surface area contributed by atoms with Crippen LogP contribution in [0.3, 0.4) is 0 Å². The lowest BCUT2D eigenvalue weighted by Gasteiger charge is -2.12. The largest absolute Gasteiger partial charge is 0.423 e. The summed E-state index contributed by atoms with van der Waals surface area (Å²) in [6.07, 6.45) is 1.62. The lowest BCUT2D eigenvalue weighted by Crippen LogP contribution is -2.36. The predicted molar refractivity (Wildman–Crippen MR) is 115 cm³/mol. The monoisotopic (exact) mass is 420 g/mol. The number of imide groups is 1. The number of hydrogen-bond donors (Lipinski definition) is 1. The van der Waals surface area contributed by atoms with Crippen LogP contribution in [-0.4, -0.2) is 28.5 Å². The predicted octanol–water partition coefficient (Wildman–Crippen LogP) is 3.78. The molecule has 150 valence electrons. The molecular weight excluding hydrogens is 404 g/mol. The van der Waals surface area contributed by atoms with Gasteiger partial charge in [-0.2, -0.15) is 0 Å². The molecule has 0 unspecified atom stereocenters. The fourth-order valence-electron chi connectivity index (χ4n) is 3.08. The van der Waals surface area contributed by atoms with Crippen LogP contribution in [-0.2, 0) is 9.59 Å². The molecule has 4 rings (SSSR count). The summed E-state index contributed by atoms with van der Waals surface area (Å²) in [5.74, 6) is -1.04. The lowest BCUT2D eigenvalue weighted by atomic mass is 10.1. The average Bonchev–Trinajstić information content (AvgIpc) is 2.95. The Kier molecular flexibility index (Phi) is 5.24. The summed E-state index contributed by atoms with van der Waals surface area (Å²) in [6.45, 7) is 1.38. The number of carbonyl (C=O) groups excluding carboxylic acids is 3. The average molecular weight is 420 g/mol. The van der Waals surface area contributed by atoms with Crippen LogP contribution in [0.2, 0.25) is 0 Å². The zero-order valence-corrected chi connectivity index (χ0v) is 16.7. The standard InChI is InChI=1S/C22H16N2O5S/c1-13-9-20(26)29-17-11-15(7-8-16(13)17)23-19(25)12-24-21(27)18(30-22(24)28)10-14-5-3-2-4-6-14/h2-11H,12H2,1H3,(H,23,25)/b18-10-. The Balaban J connectivity index is 1.48. The molecule has 0 bridgehead atoms. The van der Waals surface area contributed by atoms with E-state index >= 15 is 0 Å². The maximum absolute atomic E-state index is 12.5. The third-order valence-corrected chi connectivity index (χ3v) is 5.42. The first-order valence-corrected chi connectivity index (χ1v) is 9.87. The molecule has 0 saturated carbocycles. The van der Waals surface area contributed by atoms with E-state index in [2.05, 4.69) is 5.32 Å². The van der Waals surface area contributed by atoms with Gasteiger partial charge in [0.2, 0.25) is 5.91 Å². The summed E-state index contributed by atoms with van der Waals surface area (Å²) in [7, 11) is 0. The van der Waals surface area contributed by atoms with Crippen LogP contribution >= 0.6 is 11.8 Å². The number of carbonyl (C=O) groups is 3. The molecule has 3 aromatic rings. The van der Waals surface area contributed by atoms with Crippen molar-refractivity contribution in [2.45, 2.75) is 6.92 Å². The number of aryl methyl sites for hydroxylation is 1. The Labute approximate surface area is 175 Å². The molecule has 0 atom stereocenters. The number of nitrogens with one attached hydrogen (secondary N) is 1. The Morgan fingerprint density at radius 2 is 1.87 bits per heavy atom. The highest BCUT2D eigenvalue weighted by Crippen LogP contribution is 2.32. The number of rotatable bonds is 4. The Morgan fingerprint density at radius 3 is 2.63 bits per heavy atom. The van der Waals surface area contributed by atoms with E-state index in [0.717, 1.165) is 33.2 Å². The van der Waals surface area contributed by atoms with E-state index in [1.54, 1.807) is 25.1 Å². The van der Waals surface area contributed by atoms with Crippen molar-refractivity contribution in [3.63, 3.8) is 0 Å². The smallest absolute Gasteiger partial charge is 0.336 e. The van der Waals surface area contributed by atoms with Crippen molar-refractivity contribution in [2.75, 3.05) is 11.9 Å². The first-order chi connectivity index (χ1) is 14.4. The van der Waals surface area contributed by atoms with Crippen LogP contribution in [0.15, 0.2) is 68.7 Å². The Hall–Kier alpha value is -3.65. The highest BCUT2D eigenvalue weighted by Gasteiger charge is 2.36. The van der Waals surface area contributed by atoms with Gasteiger partial charge in [0.05, 0.1) is 4.91 Å². The highest BCUT2D eigenvalue weighted by atomic mass is 32.2. The lowest BCUT2D eigenvalue weighted by molar-refractivity contribution is -0.127. The molecule has 1 N–H and O–H groups in total. The summed E-state index contributed by atoms with van der Waals surface area (Å²) >= 11 is 0.799. The molecular formula is C22H16N2O5S. The van der Waals surface area contributed by atoms with Crippen molar-refractivity contribution in [1.29, 1.82) is 0 Å². The second-order valence-corrected chi connectivity index (χ2v) is 7.68. The second kappa shape index (κ2) is 8.00. The second-order valence-electron chi connectivity index (χ2n) is 6.69. The van der Waals surface area contributed by atoms with E-state index in [1.165, 1.54) is 12.1 Å². The number of thioether (sulfide) groups is 1. The van der Waals surface area contributed by atoms with Gasteiger partial charge in [0, 0.05) is 23.2 Å². The molecule has 7 nitrogen and oxygen atoms in total. The first-order valence-electron chi connectivity index (χ1n) is 9.05. The van der Waals surface area contributed by atoms with Crippen molar-refractivity contribution in [3.8, 4) is 0 Å². The molecule has 2 aromatic carbocycles. The van der Waals surface area contributed by atoms with E-state index in [4.69, 9.17) is 4.42 Å². The molecule has 3 amide bonds. The van der Waals surface area contributed by atoms with Gasteiger partial charge in [-0.1, -0.05) is 30.3 Å². The summed E-state index contributed by atoms with van der Waals surface area (Å²) in [6, 6.07) is 15.5. The van der Waals surface area contributed by atoms with E-state index in [-0.39, 0.29) is 4.91 Å². The minimum absolute atomic E-state index is 0.266. The van der Waals surface area contributed by atoms with Gasteiger partial charge in [0.1, 0.15) is 12.1 Å². The summed E-state index contributed by atoms with van der Waals surface area (Å²) < 4.78 is 5.17. The van der Waals surface area contributed by atoms with E-state index in [1.807, 2.05) is 30.3 Å². The van der Waals surface area contributed by atoms with Crippen LogP contribution in [0.1, 0.15) is 11.1 Å². The Morgan fingerprint density at radius 1 is 1.10 bits per heavy atom. The van der Waals surface area contributed by atoms with E-state index in [9.17, 15) is 19.2 Å². The molecule has 8 heteroatoms. The first kappa shape index (κ1) is 19.7. The zero-order valence-electron chi connectivity index (χ0n) is 15.9. The molecule has 1 aromatic heterocycles. The molecule has 1 aliphatic heterocycles. The molecule has 1 aliphatic rings. The third kappa shape index (κ3) is 4.04. The fraction of sp³-hybridized carbons (Fsp3) is 0.0909. The highest BCUT2D eigenvalue weighted by molar-refractivity contribution is 8.18. The minimum atomic E-state index is -0.535. The van der Waals surface area contributed by atoms with Crippen molar-refractivity contribution in [3.05, 3.63) is 81.0 Å². The van der Waals surface area contributed by atoms with Gasteiger partial charge in [-0.15, -0.1) is 0 Å². The quantitative estimate of drug-likeness (QED) is 0.510. The number of fused-ring (bicyclic) bond motifs is 1. The number of amides is 3. The summed E-state index contributed by atoms with van der Waals surface area (Å²) in [5.41, 5.74) is 1.82. The molecule has 0 radical (unpaired) electrons.